The molecule has 0 N–H and O–H groups in total. The van der Waals surface area contributed by atoms with Crippen molar-refractivity contribution in [2.24, 2.45) is 0 Å². The lowest BCUT2D eigenvalue weighted by Crippen LogP contribution is -1.98. The van der Waals surface area contributed by atoms with Crippen LogP contribution in [-0.4, -0.2) is 5.25 Å². The van der Waals surface area contributed by atoms with Crippen LogP contribution in [0.5, 0.6) is 0 Å². The van der Waals surface area contributed by atoms with Crippen molar-refractivity contribution in [3.05, 3.63) is 47.4 Å². The molecule has 0 radical (unpaired) electrons. The van der Waals surface area contributed by atoms with Gasteiger partial charge in [-0.25, -0.2) is 0 Å². The van der Waals surface area contributed by atoms with Crippen molar-refractivity contribution >= 4 is 11.8 Å². The lowest BCUT2D eigenvalue weighted by Gasteiger charge is -2.07. The van der Waals surface area contributed by atoms with Crippen LogP contribution in [0.4, 0.5) is 0 Å². The second-order valence-electron chi connectivity index (χ2n) is 3.84. The van der Waals surface area contributed by atoms with Gasteiger partial charge in [-0.3, -0.25) is 0 Å². The fraction of sp³-hybridized carbons (Fsp3) is 0.385. The highest BCUT2D eigenvalue weighted by Gasteiger charge is 2.17. The molecule has 1 heterocycles. The van der Waals surface area contributed by atoms with Gasteiger partial charge in [0.15, 0.2) is 0 Å². The quantitative estimate of drug-likeness (QED) is 0.716. The molecule has 14 heavy (non-hydrogen) atoms. The molecule has 1 aliphatic rings. The molecule has 1 aromatic rings. The highest BCUT2D eigenvalue weighted by atomic mass is 32.2. The molecule has 1 aromatic carbocycles. The van der Waals surface area contributed by atoms with Gasteiger partial charge in [0.2, 0.25) is 0 Å². The number of benzene rings is 1. The predicted molar refractivity (Wildman–Crippen MR) is 64.5 cm³/mol. The van der Waals surface area contributed by atoms with Crippen molar-refractivity contribution in [1.29, 1.82) is 0 Å². The molecule has 0 spiro atoms. The molecule has 0 aliphatic carbocycles. The molecule has 2 rings (SSSR count). The van der Waals surface area contributed by atoms with E-state index in [-0.39, 0.29) is 0 Å². The predicted octanol–water partition coefficient (Wildman–Crippen LogP) is 4.03. The molecular weight excluding hydrogens is 188 g/mol. The summed E-state index contributed by atoms with van der Waals surface area (Å²) in [7, 11) is 0. The first-order chi connectivity index (χ1) is 6.84. The molecule has 0 amide bonds. The van der Waals surface area contributed by atoms with Gasteiger partial charge in [0, 0.05) is 5.25 Å². The maximum Gasteiger partial charge on any atom is 0.00974 e. The van der Waals surface area contributed by atoms with Crippen LogP contribution in [0.2, 0.25) is 0 Å². The van der Waals surface area contributed by atoms with E-state index in [0.717, 1.165) is 5.25 Å². The second-order valence-corrected chi connectivity index (χ2v) is 5.32. The standard InChI is InChI=1S/C13H16S/c1-11-7-9-13(14-11)10-8-12-5-3-2-4-6-12/h2-6,13H,1,7-10H2. The SMILES string of the molecule is C=C1CCC(CCc2ccccc2)S1. The van der Waals surface area contributed by atoms with Gasteiger partial charge in [-0.2, -0.15) is 0 Å². The Labute approximate surface area is 90.4 Å². The first-order valence-corrected chi connectivity index (χ1v) is 6.11. The number of allylic oxidation sites excluding steroid dienone is 1. The van der Waals surface area contributed by atoms with E-state index in [1.165, 1.54) is 36.2 Å². The van der Waals surface area contributed by atoms with Crippen LogP contribution in [0.25, 0.3) is 0 Å². The normalized spacial score (nSPS) is 21.4. The number of rotatable bonds is 3. The fourth-order valence-electron chi connectivity index (χ4n) is 1.85. The van der Waals surface area contributed by atoms with Crippen molar-refractivity contribution < 1.29 is 0 Å². The minimum atomic E-state index is 0.822. The summed E-state index contributed by atoms with van der Waals surface area (Å²) in [5.74, 6) is 0. The smallest absolute Gasteiger partial charge is 0.00974 e. The van der Waals surface area contributed by atoms with E-state index in [0.29, 0.717) is 0 Å². The van der Waals surface area contributed by atoms with E-state index in [2.05, 4.69) is 36.9 Å². The molecule has 0 bridgehead atoms. The van der Waals surface area contributed by atoms with Gasteiger partial charge in [-0.15, -0.1) is 11.8 Å². The van der Waals surface area contributed by atoms with E-state index in [4.69, 9.17) is 0 Å². The zero-order valence-corrected chi connectivity index (χ0v) is 9.22. The number of hydrogen-bond acceptors (Lipinski definition) is 1. The Morgan fingerprint density at radius 3 is 2.71 bits per heavy atom. The van der Waals surface area contributed by atoms with Gasteiger partial charge < -0.3 is 0 Å². The summed E-state index contributed by atoms with van der Waals surface area (Å²) in [6.07, 6.45) is 5.07. The van der Waals surface area contributed by atoms with Crippen molar-refractivity contribution in [3.63, 3.8) is 0 Å². The molecule has 1 heteroatoms. The first kappa shape index (κ1) is 9.85. The van der Waals surface area contributed by atoms with Crippen LogP contribution in [0.1, 0.15) is 24.8 Å². The molecule has 1 atom stereocenters. The number of thioether (sulfide) groups is 1. The van der Waals surface area contributed by atoms with Crippen LogP contribution in [-0.2, 0) is 6.42 Å². The molecule has 1 saturated heterocycles. The lowest BCUT2D eigenvalue weighted by atomic mass is 10.1. The van der Waals surface area contributed by atoms with Gasteiger partial charge >= 0.3 is 0 Å². The molecule has 1 fully saturated rings. The zero-order valence-electron chi connectivity index (χ0n) is 8.41. The molecule has 1 aliphatic heterocycles. The third kappa shape index (κ3) is 2.65. The zero-order chi connectivity index (χ0) is 9.80. The summed E-state index contributed by atoms with van der Waals surface area (Å²) in [6.45, 7) is 4.02. The molecule has 0 saturated carbocycles. The molecule has 0 nitrogen and oxygen atoms in total. The Balaban J connectivity index is 1.80. The van der Waals surface area contributed by atoms with Crippen LogP contribution in [0.15, 0.2) is 41.8 Å². The topological polar surface area (TPSA) is 0 Å². The van der Waals surface area contributed by atoms with Gasteiger partial charge in [0.05, 0.1) is 0 Å². The number of hydrogen-bond donors (Lipinski definition) is 0. The van der Waals surface area contributed by atoms with E-state index < -0.39 is 0 Å². The monoisotopic (exact) mass is 204 g/mol. The maximum absolute atomic E-state index is 4.02. The van der Waals surface area contributed by atoms with Crippen LogP contribution in [0.3, 0.4) is 0 Å². The molecule has 74 valence electrons. The number of aryl methyl sites for hydroxylation is 1. The minimum Gasteiger partial charge on any atom is -0.128 e. The summed E-state index contributed by atoms with van der Waals surface area (Å²) in [4.78, 5) is 1.38. The third-order valence-electron chi connectivity index (χ3n) is 2.68. The molecule has 0 aromatic heterocycles. The van der Waals surface area contributed by atoms with Crippen LogP contribution in [0, 0.1) is 0 Å². The summed E-state index contributed by atoms with van der Waals surface area (Å²) < 4.78 is 0. The molecular formula is C13H16S. The Bertz CT molecular complexity index is 302. The van der Waals surface area contributed by atoms with Crippen molar-refractivity contribution in [2.45, 2.75) is 30.9 Å². The highest BCUT2D eigenvalue weighted by molar-refractivity contribution is 8.03. The summed E-state index contributed by atoms with van der Waals surface area (Å²) in [6, 6.07) is 10.8. The third-order valence-corrected chi connectivity index (χ3v) is 4.02. The van der Waals surface area contributed by atoms with Gasteiger partial charge in [0.1, 0.15) is 0 Å². The van der Waals surface area contributed by atoms with Crippen molar-refractivity contribution in [3.8, 4) is 0 Å². The second kappa shape index (κ2) is 4.70. The Morgan fingerprint density at radius 2 is 2.07 bits per heavy atom. The van der Waals surface area contributed by atoms with Crippen molar-refractivity contribution in [1.82, 2.24) is 0 Å². The average molecular weight is 204 g/mol. The van der Waals surface area contributed by atoms with Gasteiger partial charge in [0.25, 0.3) is 0 Å². The maximum atomic E-state index is 4.02. The van der Waals surface area contributed by atoms with Crippen LogP contribution < -0.4 is 0 Å². The minimum absolute atomic E-state index is 0.822. The van der Waals surface area contributed by atoms with Crippen molar-refractivity contribution in [2.75, 3.05) is 0 Å². The Morgan fingerprint density at radius 1 is 1.29 bits per heavy atom. The lowest BCUT2D eigenvalue weighted by molar-refractivity contribution is 0.724. The summed E-state index contributed by atoms with van der Waals surface area (Å²) in [5, 5.41) is 0.822. The Kier molecular flexibility index (Phi) is 3.30. The molecule has 1 unspecified atom stereocenters. The van der Waals surface area contributed by atoms with E-state index in [1.807, 2.05) is 11.8 Å². The van der Waals surface area contributed by atoms with Gasteiger partial charge in [-0.05, 0) is 36.2 Å². The fourth-order valence-corrected chi connectivity index (χ4v) is 3.03. The van der Waals surface area contributed by atoms with E-state index in [1.54, 1.807) is 0 Å². The highest BCUT2D eigenvalue weighted by Crippen LogP contribution is 2.37. The first-order valence-electron chi connectivity index (χ1n) is 5.23. The van der Waals surface area contributed by atoms with E-state index in [9.17, 15) is 0 Å². The van der Waals surface area contributed by atoms with E-state index >= 15 is 0 Å². The van der Waals surface area contributed by atoms with Crippen LogP contribution >= 0.6 is 11.8 Å². The summed E-state index contributed by atoms with van der Waals surface area (Å²) >= 11 is 1.99. The Hall–Kier alpha value is -0.690. The average Bonchev–Trinajstić information content (AvgIpc) is 2.63. The van der Waals surface area contributed by atoms with Gasteiger partial charge in [-0.1, -0.05) is 36.9 Å². The largest absolute Gasteiger partial charge is 0.128 e. The summed E-state index contributed by atoms with van der Waals surface area (Å²) in [5.41, 5.74) is 1.46.